The van der Waals surface area contributed by atoms with Crippen LogP contribution in [0.5, 0.6) is 0 Å². The molecule has 1 aliphatic carbocycles. The third kappa shape index (κ3) is 2.46. The number of aryl methyl sites for hydroxylation is 2. The highest BCUT2D eigenvalue weighted by Gasteiger charge is 2.29. The lowest BCUT2D eigenvalue weighted by atomic mass is 9.86. The fourth-order valence-electron chi connectivity index (χ4n) is 3.25. The van der Waals surface area contributed by atoms with Crippen LogP contribution in [0.2, 0.25) is 0 Å². The minimum Gasteiger partial charge on any atom is -0.310 e. The van der Waals surface area contributed by atoms with E-state index in [9.17, 15) is 4.79 Å². The SMILES string of the molecule is Cn1cc2c(n1)CCC[C@H]2C(=O)Nc1nccc2ccncc12. The number of carbonyl (C=O) groups is 1. The van der Waals surface area contributed by atoms with Crippen LogP contribution in [-0.2, 0) is 18.3 Å². The number of amides is 1. The second kappa shape index (κ2) is 5.46. The lowest BCUT2D eigenvalue weighted by molar-refractivity contribution is -0.117. The first kappa shape index (κ1) is 13.9. The van der Waals surface area contributed by atoms with Crippen molar-refractivity contribution in [2.75, 3.05) is 5.32 Å². The Bertz CT molecular complexity index is 880. The monoisotopic (exact) mass is 307 g/mol. The Morgan fingerprint density at radius 1 is 1.35 bits per heavy atom. The zero-order chi connectivity index (χ0) is 15.8. The summed E-state index contributed by atoms with van der Waals surface area (Å²) in [5.41, 5.74) is 2.07. The number of fused-ring (bicyclic) bond motifs is 2. The highest BCUT2D eigenvalue weighted by atomic mass is 16.1. The van der Waals surface area contributed by atoms with Gasteiger partial charge in [-0.15, -0.1) is 0 Å². The van der Waals surface area contributed by atoms with Crippen molar-refractivity contribution in [3.05, 3.63) is 48.2 Å². The molecule has 4 rings (SSSR count). The lowest BCUT2D eigenvalue weighted by Gasteiger charge is -2.20. The summed E-state index contributed by atoms with van der Waals surface area (Å²) in [4.78, 5) is 21.2. The van der Waals surface area contributed by atoms with Gasteiger partial charge in [0.15, 0.2) is 0 Å². The summed E-state index contributed by atoms with van der Waals surface area (Å²) in [6.45, 7) is 0. The molecule has 116 valence electrons. The van der Waals surface area contributed by atoms with E-state index in [-0.39, 0.29) is 11.8 Å². The molecule has 6 heteroatoms. The standard InChI is InChI=1S/C17H17N5O/c1-22-10-14-12(3-2-4-15(14)21-22)17(23)20-16-13-9-18-7-5-11(13)6-8-19-16/h5-10,12H,2-4H2,1H3,(H,19,20,23)/t12-/m1/s1. The Labute approximate surface area is 133 Å². The van der Waals surface area contributed by atoms with E-state index >= 15 is 0 Å². The van der Waals surface area contributed by atoms with Gasteiger partial charge in [0.25, 0.3) is 0 Å². The van der Waals surface area contributed by atoms with Crippen LogP contribution in [0.25, 0.3) is 10.8 Å². The molecule has 0 radical (unpaired) electrons. The molecule has 0 aromatic carbocycles. The van der Waals surface area contributed by atoms with E-state index in [1.165, 1.54) is 0 Å². The molecule has 3 aromatic heterocycles. The van der Waals surface area contributed by atoms with Crippen molar-refractivity contribution in [1.82, 2.24) is 19.7 Å². The van der Waals surface area contributed by atoms with Crippen molar-refractivity contribution in [3.63, 3.8) is 0 Å². The minimum atomic E-state index is -0.166. The second-order valence-corrected chi connectivity index (χ2v) is 5.90. The highest BCUT2D eigenvalue weighted by molar-refractivity contribution is 6.02. The van der Waals surface area contributed by atoms with Gasteiger partial charge >= 0.3 is 0 Å². The summed E-state index contributed by atoms with van der Waals surface area (Å²) in [6, 6.07) is 3.82. The van der Waals surface area contributed by atoms with Gasteiger partial charge in [0.05, 0.1) is 11.6 Å². The number of pyridine rings is 2. The van der Waals surface area contributed by atoms with Gasteiger partial charge in [-0.1, -0.05) is 0 Å². The highest BCUT2D eigenvalue weighted by Crippen LogP contribution is 2.32. The van der Waals surface area contributed by atoms with Crippen LogP contribution in [0.15, 0.2) is 36.9 Å². The van der Waals surface area contributed by atoms with E-state index < -0.39 is 0 Å². The predicted molar refractivity (Wildman–Crippen MR) is 87.1 cm³/mol. The number of aromatic nitrogens is 4. The van der Waals surface area contributed by atoms with Crippen LogP contribution in [0.3, 0.4) is 0 Å². The number of nitrogens with zero attached hydrogens (tertiary/aromatic N) is 4. The fraction of sp³-hybridized carbons (Fsp3) is 0.294. The van der Waals surface area contributed by atoms with Crippen molar-refractivity contribution in [2.45, 2.75) is 25.2 Å². The van der Waals surface area contributed by atoms with E-state index in [4.69, 9.17) is 0 Å². The molecule has 3 heterocycles. The molecule has 0 saturated heterocycles. The van der Waals surface area contributed by atoms with Gasteiger partial charge in [-0.3, -0.25) is 14.5 Å². The van der Waals surface area contributed by atoms with Gasteiger partial charge in [-0.05, 0) is 36.8 Å². The number of hydrogen-bond donors (Lipinski definition) is 1. The van der Waals surface area contributed by atoms with Crippen LogP contribution in [0, 0.1) is 0 Å². The Morgan fingerprint density at radius 2 is 2.22 bits per heavy atom. The van der Waals surface area contributed by atoms with Crippen molar-refractivity contribution < 1.29 is 4.79 Å². The molecule has 1 atom stereocenters. The van der Waals surface area contributed by atoms with Gasteiger partial charge in [0, 0.05) is 42.8 Å². The zero-order valence-electron chi connectivity index (χ0n) is 12.9. The molecular formula is C17H17N5O. The Morgan fingerprint density at radius 3 is 3.13 bits per heavy atom. The number of rotatable bonds is 2. The molecule has 23 heavy (non-hydrogen) atoms. The number of anilines is 1. The molecule has 3 aromatic rings. The average molecular weight is 307 g/mol. The van der Waals surface area contributed by atoms with Crippen LogP contribution in [0.1, 0.15) is 30.0 Å². The summed E-state index contributed by atoms with van der Waals surface area (Å²) in [6.07, 6.45) is 9.88. The maximum absolute atomic E-state index is 12.8. The second-order valence-electron chi connectivity index (χ2n) is 5.90. The van der Waals surface area contributed by atoms with Crippen molar-refractivity contribution in [3.8, 4) is 0 Å². The zero-order valence-corrected chi connectivity index (χ0v) is 12.9. The van der Waals surface area contributed by atoms with E-state index in [0.29, 0.717) is 5.82 Å². The molecule has 6 nitrogen and oxygen atoms in total. The summed E-state index contributed by atoms with van der Waals surface area (Å²) in [5, 5.41) is 9.29. The van der Waals surface area contributed by atoms with Gasteiger partial charge in [0.1, 0.15) is 5.82 Å². The minimum absolute atomic E-state index is 0.0252. The normalized spacial score (nSPS) is 17.0. The lowest BCUT2D eigenvalue weighted by Crippen LogP contribution is -2.24. The van der Waals surface area contributed by atoms with E-state index in [1.807, 2.05) is 25.4 Å². The number of nitrogens with one attached hydrogen (secondary N) is 1. The number of hydrogen-bond acceptors (Lipinski definition) is 4. The number of carbonyl (C=O) groups excluding carboxylic acids is 1. The van der Waals surface area contributed by atoms with Gasteiger partial charge in [-0.25, -0.2) is 4.98 Å². The first-order valence-electron chi connectivity index (χ1n) is 7.74. The largest absolute Gasteiger partial charge is 0.310 e. The fourth-order valence-corrected chi connectivity index (χ4v) is 3.25. The average Bonchev–Trinajstić information content (AvgIpc) is 2.95. The first-order chi connectivity index (χ1) is 11.2. The maximum Gasteiger partial charge on any atom is 0.233 e. The van der Waals surface area contributed by atoms with Crippen molar-refractivity contribution >= 4 is 22.5 Å². The van der Waals surface area contributed by atoms with Crippen molar-refractivity contribution in [2.24, 2.45) is 7.05 Å². The van der Waals surface area contributed by atoms with Gasteiger partial charge in [-0.2, -0.15) is 5.10 Å². The Hall–Kier alpha value is -2.76. The Kier molecular flexibility index (Phi) is 3.29. The summed E-state index contributed by atoms with van der Waals surface area (Å²) >= 11 is 0. The van der Waals surface area contributed by atoms with E-state index in [0.717, 1.165) is 41.3 Å². The molecule has 1 aliphatic rings. The molecule has 0 spiro atoms. The molecule has 0 bridgehead atoms. The predicted octanol–water partition coefficient (Wildman–Crippen LogP) is 2.42. The summed E-state index contributed by atoms with van der Waals surface area (Å²) in [7, 11) is 1.89. The third-order valence-electron chi connectivity index (χ3n) is 4.35. The molecule has 0 fully saturated rings. The molecule has 0 unspecified atom stereocenters. The maximum atomic E-state index is 12.8. The third-order valence-corrected chi connectivity index (χ3v) is 4.35. The van der Waals surface area contributed by atoms with Gasteiger partial charge in [0.2, 0.25) is 5.91 Å². The molecule has 0 saturated carbocycles. The van der Waals surface area contributed by atoms with Crippen molar-refractivity contribution in [1.29, 1.82) is 0 Å². The molecule has 0 aliphatic heterocycles. The van der Waals surface area contributed by atoms with Crippen LogP contribution < -0.4 is 5.32 Å². The van der Waals surface area contributed by atoms with Crippen LogP contribution in [-0.4, -0.2) is 25.7 Å². The van der Waals surface area contributed by atoms with Crippen LogP contribution in [0.4, 0.5) is 5.82 Å². The quantitative estimate of drug-likeness (QED) is 0.789. The van der Waals surface area contributed by atoms with E-state index in [1.54, 1.807) is 23.3 Å². The summed E-state index contributed by atoms with van der Waals surface area (Å²) in [5.74, 6) is 0.376. The molecular weight excluding hydrogens is 290 g/mol. The smallest absolute Gasteiger partial charge is 0.233 e. The molecule has 1 N–H and O–H groups in total. The topological polar surface area (TPSA) is 72.7 Å². The summed E-state index contributed by atoms with van der Waals surface area (Å²) < 4.78 is 1.79. The van der Waals surface area contributed by atoms with Crippen LogP contribution >= 0.6 is 0 Å². The Balaban J connectivity index is 1.65. The van der Waals surface area contributed by atoms with E-state index in [2.05, 4.69) is 20.4 Å². The first-order valence-corrected chi connectivity index (χ1v) is 7.74. The molecule has 1 amide bonds. The van der Waals surface area contributed by atoms with Gasteiger partial charge < -0.3 is 5.32 Å².